The normalized spacial score (nSPS) is 20.9. The number of thiophene rings is 1. The molecular formula is C11H17NO2S. The third-order valence-electron chi connectivity index (χ3n) is 2.68. The second-order valence-electron chi connectivity index (χ2n) is 3.84. The molecule has 0 bridgehead atoms. The first-order chi connectivity index (χ1) is 7.31. The standard InChI is InChI=1S/C11H17NO2S/c1-2-10(12)11(8-3-4-15-7-8)14-9-5-13-6-9/h3-4,7,9-11H,2,5-6,12H2,1H3. The van der Waals surface area contributed by atoms with Crippen molar-refractivity contribution >= 4 is 11.3 Å². The molecule has 15 heavy (non-hydrogen) atoms. The lowest BCUT2D eigenvalue weighted by atomic mass is 10.0. The van der Waals surface area contributed by atoms with Gasteiger partial charge in [0, 0.05) is 6.04 Å². The first-order valence-electron chi connectivity index (χ1n) is 5.32. The Morgan fingerprint density at radius 1 is 1.67 bits per heavy atom. The summed E-state index contributed by atoms with van der Waals surface area (Å²) in [5.74, 6) is 0. The minimum atomic E-state index is 0.0233. The maximum absolute atomic E-state index is 6.07. The molecule has 4 heteroatoms. The molecule has 2 heterocycles. The molecule has 0 aromatic carbocycles. The van der Waals surface area contributed by atoms with E-state index in [1.54, 1.807) is 11.3 Å². The van der Waals surface area contributed by atoms with E-state index in [2.05, 4.69) is 23.8 Å². The fourth-order valence-corrected chi connectivity index (χ4v) is 2.26. The van der Waals surface area contributed by atoms with E-state index in [1.807, 2.05) is 0 Å². The van der Waals surface area contributed by atoms with Gasteiger partial charge in [-0.1, -0.05) is 6.92 Å². The van der Waals surface area contributed by atoms with Gasteiger partial charge in [-0.05, 0) is 28.8 Å². The van der Waals surface area contributed by atoms with Crippen LogP contribution in [0.5, 0.6) is 0 Å². The van der Waals surface area contributed by atoms with E-state index in [4.69, 9.17) is 15.2 Å². The Hall–Kier alpha value is -0.420. The van der Waals surface area contributed by atoms with Gasteiger partial charge in [0.15, 0.2) is 0 Å². The predicted octanol–water partition coefficient (Wildman–Crippen LogP) is 1.94. The second-order valence-corrected chi connectivity index (χ2v) is 4.62. The molecule has 1 aliphatic heterocycles. The fourth-order valence-electron chi connectivity index (χ4n) is 1.58. The fraction of sp³-hybridized carbons (Fsp3) is 0.636. The minimum absolute atomic E-state index is 0.0233. The van der Waals surface area contributed by atoms with E-state index in [1.165, 1.54) is 5.56 Å². The largest absolute Gasteiger partial charge is 0.376 e. The Morgan fingerprint density at radius 3 is 2.93 bits per heavy atom. The summed E-state index contributed by atoms with van der Waals surface area (Å²) in [6, 6.07) is 2.16. The topological polar surface area (TPSA) is 44.5 Å². The van der Waals surface area contributed by atoms with Crippen molar-refractivity contribution in [3.8, 4) is 0 Å². The van der Waals surface area contributed by atoms with Gasteiger partial charge in [-0.2, -0.15) is 11.3 Å². The zero-order chi connectivity index (χ0) is 10.7. The van der Waals surface area contributed by atoms with Crippen LogP contribution >= 0.6 is 11.3 Å². The zero-order valence-electron chi connectivity index (χ0n) is 8.89. The van der Waals surface area contributed by atoms with E-state index in [0.29, 0.717) is 13.2 Å². The molecule has 1 fully saturated rings. The van der Waals surface area contributed by atoms with Crippen molar-refractivity contribution in [2.75, 3.05) is 13.2 Å². The van der Waals surface area contributed by atoms with Crippen molar-refractivity contribution in [1.29, 1.82) is 0 Å². The molecule has 0 spiro atoms. The van der Waals surface area contributed by atoms with E-state index >= 15 is 0 Å². The van der Waals surface area contributed by atoms with Gasteiger partial charge >= 0.3 is 0 Å². The number of rotatable bonds is 5. The van der Waals surface area contributed by atoms with Crippen LogP contribution in [-0.2, 0) is 9.47 Å². The van der Waals surface area contributed by atoms with Crippen molar-refractivity contribution in [1.82, 2.24) is 0 Å². The smallest absolute Gasteiger partial charge is 0.105 e. The van der Waals surface area contributed by atoms with Gasteiger partial charge in [0.2, 0.25) is 0 Å². The van der Waals surface area contributed by atoms with Crippen LogP contribution in [0.3, 0.4) is 0 Å². The van der Waals surface area contributed by atoms with Gasteiger partial charge in [0.1, 0.15) is 6.10 Å². The highest BCUT2D eigenvalue weighted by Crippen LogP contribution is 2.27. The molecule has 1 saturated heterocycles. The molecule has 0 radical (unpaired) electrons. The van der Waals surface area contributed by atoms with Crippen LogP contribution in [0.4, 0.5) is 0 Å². The van der Waals surface area contributed by atoms with Gasteiger partial charge in [-0.3, -0.25) is 0 Å². The Balaban J connectivity index is 2.01. The monoisotopic (exact) mass is 227 g/mol. The molecule has 0 saturated carbocycles. The maximum Gasteiger partial charge on any atom is 0.105 e. The number of hydrogen-bond acceptors (Lipinski definition) is 4. The lowest BCUT2D eigenvalue weighted by Crippen LogP contribution is -2.41. The SMILES string of the molecule is CCC(N)C(OC1COC1)c1ccsc1. The van der Waals surface area contributed by atoms with Crippen molar-refractivity contribution in [3.63, 3.8) is 0 Å². The van der Waals surface area contributed by atoms with Gasteiger partial charge < -0.3 is 15.2 Å². The highest BCUT2D eigenvalue weighted by atomic mass is 32.1. The molecule has 2 rings (SSSR count). The van der Waals surface area contributed by atoms with Crippen molar-refractivity contribution < 1.29 is 9.47 Å². The Morgan fingerprint density at radius 2 is 2.47 bits per heavy atom. The molecule has 2 atom stereocenters. The highest BCUT2D eigenvalue weighted by molar-refractivity contribution is 7.07. The summed E-state index contributed by atoms with van der Waals surface area (Å²) >= 11 is 1.68. The van der Waals surface area contributed by atoms with E-state index in [9.17, 15) is 0 Å². The average Bonchev–Trinajstić information content (AvgIpc) is 2.68. The Kier molecular flexibility index (Phi) is 3.75. The molecule has 1 aromatic heterocycles. The molecular weight excluding hydrogens is 210 g/mol. The quantitative estimate of drug-likeness (QED) is 0.836. The summed E-state index contributed by atoms with van der Waals surface area (Å²) in [6.07, 6.45) is 1.18. The second kappa shape index (κ2) is 5.07. The molecule has 0 aliphatic carbocycles. The summed E-state index contributed by atoms with van der Waals surface area (Å²) in [6.45, 7) is 3.50. The molecule has 84 valence electrons. The van der Waals surface area contributed by atoms with Gasteiger partial charge in [-0.15, -0.1) is 0 Å². The zero-order valence-corrected chi connectivity index (χ0v) is 9.70. The minimum Gasteiger partial charge on any atom is -0.376 e. The van der Waals surface area contributed by atoms with Gasteiger partial charge in [0.05, 0.1) is 19.3 Å². The average molecular weight is 227 g/mol. The summed E-state index contributed by atoms with van der Waals surface area (Å²) in [4.78, 5) is 0. The Labute approximate surface area is 94.2 Å². The summed E-state index contributed by atoms with van der Waals surface area (Å²) < 4.78 is 11.0. The van der Waals surface area contributed by atoms with Crippen LogP contribution in [0.25, 0.3) is 0 Å². The predicted molar refractivity (Wildman–Crippen MR) is 61.0 cm³/mol. The first-order valence-corrected chi connectivity index (χ1v) is 6.26. The Bertz CT molecular complexity index is 285. The van der Waals surface area contributed by atoms with E-state index in [-0.39, 0.29) is 18.2 Å². The van der Waals surface area contributed by atoms with Crippen LogP contribution in [0.1, 0.15) is 25.0 Å². The highest BCUT2D eigenvalue weighted by Gasteiger charge is 2.27. The third-order valence-corrected chi connectivity index (χ3v) is 3.38. The number of nitrogens with two attached hydrogens (primary N) is 1. The van der Waals surface area contributed by atoms with Crippen LogP contribution < -0.4 is 5.73 Å². The van der Waals surface area contributed by atoms with Crippen LogP contribution in [-0.4, -0.2) is 25.4 Å². The molecule has 1 aromatic rings. The molecule has 1 aliphatic rings. The molecule has 2 unspecified atom stereocenters. The van der Waals surface area contributed by atoms with E-state index < -0.39 is 0 Å². The van der Waals surface area contributed by atoms with Crippen LogP contribution in [0, 0.1) is 0 Å². The van der Waals surface area contributed by atoms with Crippen LogP contribution in [0.15, 0.2) is 16.8 Å². The number of ether oxygens (including phenoxy) is 2. The number of hydrogen-bond donors (Lipinski definition) is 1. The lowest BCUT2D eigenvalue weighted by Gasteiger charge is -2.32. The van der Waals surface area contributed by atoms with E-state index in [0.717, 1.165) is 6.42 Å². The molecule has 3 nitrogen and oxygen atoms in total. The maximum atomic E-state index is 6.07. The van der Waals surface area contributed by atoms with Crippen molar-refractivity contribution in [3.05, 3.63) is 22.4 Å². The summed E-state index contributed by atoms with van der Waals surface area (Å²) in [5.41, 5.74) is 7.27. The van der Waals surface area contributed by atoms with Gasteiger partial charge in [-0.25, -0.2) is 0 Å². The van der Waals surface area contributed by atoms with Crippen molar-refractivity contribution in [2.24, 2.45) is 5.73 Å². The molecule has 0 amide bonds. The van der Waals surface area contributed by atoms with Gasteiger partial charge in [0.25, 0.3) is 0 Å². The molecule has 2 N–H and O–H groups in total. The summed E-state index contributed by atoms with van der Waals surface area (Å²) in [5, 5.41) is 4.17. The third kappa shape index (κ3) is 2.58. The van der Waals surface area contributed by atoms with Crippen LogP contribution in [0.2, 0.25) is 0 Å². The van der Waals surface area contributed by atoms with Crippen molar-refractivity contribution in [2.45, 2.75) is 31.6 Å². The first kappa shape index (κ1) is 11.1. The lowest BCUT2D eigenvalue weighted by molar-refractivity contribution is -0.160. The summed E-state index contributed by atoms with van der Waals surface area (Å²) in [7, 11) is 0.